The second-order valence-electron chi connectivity index (χ2n) is 6.21. The van der Waals surface area contributed by atoms with Gasteiger partial charge < -0.3 is 19.7 Å². The van der Waals surface area contributed by atoms with Crippen molar-refractivity contribution in [1.82, 2.24) is 10.3 Å². The molecule has 1 aromatic heterocycles. The number of benzene rings is 1. The second-order valence-corrected chi connectivity index (χ2v) is 6.21. The van der Waals surface area contributed by atoms with Crippen LogP contribution in [0.2, 0.25) is 0 Å². The molecule has 2 aliphatic rings. The Bertz CT molecular complexity index is 742. The summed E-state index contributed by atoms with van der Waals surface area (Å²) in [6.07, 6.45) is 2.41. The summed E-state index contributed by atoms with van der Waals surface area (Å²) in [7, 11) is 0. The van der Waals surface area contributed by atoms with Crippen molar-refractivity contribution in [3.05, 3.63) is 53.7 Å². The number of nitrogens with one attached hydrogen (secondary N) is 1. The van der Waals surface area contributed by atoms with Crippen LogP contribution in [0.5, 0.6) is 5.75 Å². The summed E-state index contributed by atoms with van der Waals surface area (Å²) >= 11 is 0. The SMILES string of the molecule is O=C(N[C@@H]1CCOc2ccccc21)c1ccc(N2CCOCC2)nc1. The standard InChI is InChI=1S/C19H21N3O3/c23-19(21-16-7-10-25-17-4-2-1-3-15(16)17)14-5-6-18(20-13-14)22-8-11-24-12-9-22/h1-6,13,16H,7-12H2,(H,21,23)/t16-/m1/s1. The van der Waals surface area contributed by atoms with Crippen molar-refractivity contribution in [2.45, 2.75) is 12.5 Å². The van der Waals surface area contributed by atoms with Crippen molar-refractivity contribution >= 4 is 11.7 Å². The van der Waals surface area contributed by atoms with E-state index in [0.717, 1.165) is 36.6 Å². The predicted molar refractivity (Wildman–Crippen MR) is 94.0 cm³/mol. The molecule has 0 bridgehead atoms. The molecule has 1 N–H and O–H groups in total. The first-order valence-electron chi connectivity index (χ1n) is 8.62. The summed E-state index contributed by atoms with van der Waals surface area (Å²) < 4.78 is 11.0. The van der Waals surface area contributed by atoms with Gasteiger partial charge in [-0.15, -0.1) is 0 Å². The molecule has 0 unspecified atom stereocenters. The maximum atomic E-state index is 12.6. The van der Waals surface area contributed by atoms with Crippen molar-refractivity contribution in [3.63, 3.8) is 0 Å². The maximum absolute atomic E-state index is 12.6. The highest BCUT2D eigenvalue weighted by atomic mass is 16.5. The molecule has 130 valence electrons. The number of rotatable bonds is 3. The van der Waals surface area contributed by atoms with Gasteiger partial charge in [0, 0.05) is 31.3 Å². The van der Waals surface area contributed by atoms with E-state index in [0.29, 0.717) is 25.4 Å². The van der Waals surface area contributed by atoms with Crippen LogP contribution in [0.3, 0.4) is 0 Å². The summed E-state index contributed by atoms with van der Waals surface area (Å²) in [5.74, 6) is 1.62. The number of amides is 1. The smallest absolute Gasteiger partial charge is 0.253 e. The van der Waals surface area contributed by atoms with Crippen molar-refractivity contribution in [1.29, 1.82) is 0 Å². The summed E-state index contributed by atoms with van der Waals surface area (Å²) in [4.78, 5) is 19.2. The number of para-hydroxylation sites is 1. The Labute approximate surface area is 146 Å². The van der Waals surface area contributed by atoms with Gasteiger partial charge in [0.05, 0.1) is 31.4 Å². The average molecular weight is 339 g/mol. The number of carbonyl (C=O) groups is 1. The van der Waals surface area contributed by atoms with Crippen molar-refractivity contribution < 1.29 is 14.3 Å². The number of ether oxygens (including phenoxy) is 2. The average Bonchev–Trinajstić information content (AvgIpc) is 2.69. The quantitative estimate of drug-likeness (QED) is 0.928. The number of nitrogens with zero attached hydrogens (tertiary/aromatic N) is 2. The number of aromatic nitrogens is 1. The van der Waals surface area contributed by atoms with Crippen LogP contribution >= 0.6 is 0 Å². The Morgan fingerprint density at radius 1 is 1.12 bits per heavy atom. The molecule has 1 saturated heterocycles. The minimum atomic E-state index is -0.109. The molecule has 1 atom stereocenters. The number of anilines is 1. The summed E-state index contributed by atoms with van der Waals surface area (Å²) in [5, 5.41) is 3.10. The Hall–Kier alpha value is -2.60. The predicted octanol–water partition coefficient (Wildman–Crippen LogP) is 2.17. The molecule has 0 aliphatic carbocycles. The number of carbonyl (C=O) groups excluding carboxylic acids is 1. The monoisotopic (exact) mass is 339 g/mol. The first-order chi connectivity index (χ1) is 12.3. The lowest BCUT2D eigenvalue weighted by atomic mass is 10.0. The lowest BCUT2D eigenvalue weighted by Crippen LogP contribution is -2.37. The molecule has 0 spiro atoms. The summed E-state index contributed by atoms with van der Waals surface area (Å²) in [6, 6.07) is 11.5. The zero-order valence-corrected chi connectivity index (χ0v) is 14.0. The van der Waals surface area contributed by atoms with Gasteiger partial charge >= 0.3 is 0 Å². The highest BCUT2D eigenvalue weighted by molar-refractivity contribution is 5.94. The molecular weight excluding hydrogens is 318 g/mol. The molecule has 6 heteroatoms. The third-order valence-corrected chi connectivity index (χ3v) is 4.61. The molecular formula is C19H21N3O3. The third kappa shape index (κ3) is 3.44. The van der Waals surface area contributed by atoms with E-state index in [9.17, 15) is 4.79 Å². The van der Waals surface area contributed by atoms with Gasteiger partial charge in [-0.05, 0) is 18.2 Å². The van der Waals surface area contributed by atoms with Gasteiger partial charge in [0.2, 0.25) is 0 Å². The van der Waals surface area contributed by atoms with E-state index < -0.39 is 0 Å². The number of morpholine rings is 1. The maximum Gasteiger partial charge on any atom is 0.253 e. The first kappa shape index (κ1) is 15.9. The molecule has 1 aromatic carbocycles. The Morgan fingerprint density at radius 2 is 1.96 bits per heavy atom. The van der Waals surface area contributed by atoms with E-state index in [1.165, 1.54) is 0 Å². The van der Waals surface area contributed by atoms with Gasteiger partial charge in [-0.1, -0.05) is 18.2 Å². The van der Waals surface area contributed by atoms with Gasteiger partial charge in [-0.2, -0.15) is 0 Å². The van der Waals surface area contributed by atoms with Crippen LogP contribution in [0, 0.1) is 0 Å². The zero-order valence-electron chi connectivity index (χ0n) is 14.0. The molecule has 2 aromatic rings. The lowest BCUT2D eigenvalue weighted by molar-refractivity contribution is 0.0924. The fourth-order valence-electron chi connectivity index (χ4n) is 3.23. The molecule has 2 aliphatic heterocycles. The number of pyridine rings is 1. The molecule has 0 saturated carbocycles. The summed E-state index contributed by atoms with van der Waals surface area (Å²) in [5.41, 5.74) is 1.60. The normalized spacial score (nSPS) is 19.7. The summed E-state index contributed by atoms with van der Waals surface area (Å²) in [6.45, 7) is 3.70. The highest BCUT2D eigenvalue weighted by Crippen LogP contribution is 2.31. The lowest BCUT2D eigenvalue weighted by Gasteiger charge is -2.28. The van der Waals surface area contributed by atoms with Crippen LogP contribution in [0.15, 0.2) is 42.6 Å². The molecule has 1 amide bonds. The fraction of sp³-hybridized carbons (Fsp3) is 0.368. The molecule has 25 heavy (non-hydrogen) atoms. The van der Waals surface area contributed by atoms with Gasteiger partial charge in [0.1, 0.15) is 11.6 Å². The molecule has 0 radical (unpaired) electrons. The van der Waals surface area contributed by atoms with Crippen molar-refractivity contribution in [3.8, 4) is 5.75 Å². The van der Waals surface area contributed by atoms with E-state index >= 15 is 0 Å². The van der Waals surface area contributed by atoms with Crippen LogP contribution in [-0.2, 0) is 4.74 Å². The third-order valence-electron chi connectivity index (χ3n) is 4.61. The van der Waals surface area contributed by atoms with Crippen molar-refractivity contribution in [2.24, 2.45) is 0 Å². The number of hydrogen-bond acceptors (Lipinski definition) is 5. The zero-order chi connectivity index (χ0) is 17.1. The van der Waals surface area contributed by atoms with Gasteiger partial charge in [0.25, 0.3) is 5.91 Å². The van der Waals surface area contributed by atoms with E-state index in [1.807, 2.05) is 36.4 Å². The Kier molecular flexibility index (Phi) is 4.52. The largest absolute Gasteiger partial charge is 0.493 e. The minimum Gasteiger partial charge on any atom is -0.493 e. The fourth-order valence-corrected chi connectivity index (χ4v) is 3.23. The number of fused-ring (bicyclic) bond motifs is 1. The van der Waals surface area contributed by atoms with Crippen LogP contribution in [-0.4, -0.2) is 43.8 Å². The molecule has 1 fully saturated rings. The first-order valence-corrected chi connectivity index (χ1v) is 8.62. The molecule has 6 nitrogen and oxygen atoms in total. The van der Waals surface area contributed by atoms with Gasteiger partial charge in [-0.3, -0.25) is 4.79 Å². The minimum absolute atomic E-state index is 0.0311. The van der Waals surface area contributed by atoms with Crippen LogP contribution in [0.1, 0.15) is 28.4 Å². The van der Waals surface area contributed by atoms with Gasteiger partial charge in [0.15, 0.2) is 0 Å². The number of hydrogen-bond donors (Lipinski definition) is 1. The van der Waals surface area contributed by atoms with Crippen LogP contribution < -0.4 is 15.0 Å². The van der Waals surface area contributed by atoms with E-state index in [2.05, 4.69) is 15.2 Å². The van der Waals surface area contributed by atoms with Crippen LogP contribution in [0.4, 0.5) is 5.82 Å². The van der Waals surface area contributed by atoms with E-state index in [-0.39, 0.29) is 11.9 Å². The topological polar surface area (TPSA) is 63.7 Å². The van der Waals surface area contributed by atoms with Gasteiger partial charge in [-0.25, -0.2) is 4.98 Å². The Balaban J connectivity index is 1.45. The van der Waals surface area contributed by atoms with Crippen LogP contribution in [0.25, 0.3) is 0 Å². The highest BCUT2D eigenvalue weighted by Gasteiger charge is 2.23. The van der Waals surface area contributed by atoms with E-state index in [4.69, 9.17) is 9.47 Å². The molecule has 3 heterocycles. The van der Waals surface area contributed by atoms with E-state index in [1.54, 1.807) is 6.20 Å². The second kappa shape index (κ2) is 7.11. The molecule has 4 rings (SSSR count). The van der Waals surface area contributed by atoms with Crippen molar-refractivity contribution in [2.75, 3.05) is 37.8 Å². The Morgan fingerprint density at radius 3 is 2.76 bits per heavy atom.